The van der Waals surface area contributed by atoms with Crippen LogP contribution < -0.4 is 0 Å². The zero-order valence-corrected chi connectivity index (χ0v) is 21.3. The molecule has 194 valence electrons. The minimum Gasteiger partial charge on any atom is -0.481 e. The number of hydrogen-bond acceptors (Lipinski definition) is 7. The first-order valence-electron chi connectivity index (χ1n) is 13.0. The molecular formula is C27H39NO7. The zero-order valence-electron chi connectivity index (χ0n) is 21.3. The van der Waals surface area contributed by atoms with E-state index >= 15 is 0 Å². The van der Waals surface area contributed by atoms with Crippen molar-refractivity contribution in [3.8, 4) is 6.07 Å². The quantitative estimate of drug-likeness (QED) is 0.486. The van der Waals surface area contributed by atoms with Crippen molar-refractivity contribution in [1.29, 1.82) is 5.26 Å². The Kier molecular flexibility index (Phi) is 5.94. The van der Waals surface area contributed by atoms with E-state index in [0.717, 1.165) is 18.4 Å². The summed E-state index contributed by atoms with van der Waals surface area (Å²) in [6.07, 6.45) is 0.397. The number of rotatable bonds is 6. The lowest BCUT2D eigenvalue weighted by Crippen LogP contribution is -2.63. The number of fused-ring (bicyclic) bond motifs is 2. The van der Waals surface area contributed by atoms with Crippen molar-refractivity contribution in [3.05, 3.63) is 11.6 Å². The summed E-state index contributed by atoms with van der Waals surface area (Å²) in [5.41, 5.74) is -2.27. The molecule has 1 heterocycles. The van der Waals surface area contributed by atoms with Crippen LogP contribution in [-0.4, -0.2) is 65.7 Å². The lowest BCUT2D eigenvalue weighted by molar-refractivity contribution is -0.306. The van der Waals surface area contributed by atoms with Gasteiger partial charge in [0, 0.05) is 12.5 Å². The van der Waals surface area contributed by atoms with Crippen molar-refractivity contribution >= 4 is 5.97 Å². The van der Waals surface area contributed by atoms with Crippen molar-refractivity contribution in [1.82, 2.24) is 0 Å². The number of allylic oxidation sites excluding steroid dienone is 1. The molecular weight excluding hydrogens is 450 g/mol. The van der Waals surface area contributed by atoms with Gasteiger partial charge in [0.25, 0.3) is 0 Å². The van der Waals surface area contributed by atoms with E-state index in [-0.39, 0.29) is 30.3 Å². The molecule has 0 aromatic carbocycles. The van der Waals surface area contributed by atoms with Gasteiger partial charge in [0.05, 0.1) is 24.2 Å². The van der Waals surface area contributed by atoms with Crippen LogP contribution in [-0.2, 0) is 19.0 Å². The molecule has 0 amide bonds. The monoisotopic (exact) mass is 489 g/mol. The molecule has 5 aliphatic rings. The van der Waals surface area contributed by atoms with Gasteiger partial charge in [-0.25, -0.2) is 0 Å². The first-order valence-corrected chi connectivity index (χ1v) is 13.0. The molecule has 35 heavy (non-hydrogen) atoms. The largest absolute Gasteiger partial charge is 0.481 e. The third-order valence-electron chi connectivity index (χ3n) is 10.6. The molecule has 0 aromatic heterocycles. The van der Waals surface area contributed by atoms with Crippen LogP contribution in [0.1, 0.15) is 53.4 Å². The van der Waals surface area contributed by atoms with Gasteiger partial charge < -0.3 is 29.5 Å². The minimum absolute atomic E-state index is 0.0142. The van der Waals surface area contributed by atoms with Crippen LogP contribution in [0.3, 0.4) is 0 Å². The van der Waals surface area contributed by atoms with Gasteiger partial charge in [0.2, 0.25) is 0 Å². The van der Waals surface area contributed by atoms with E-state index in [1.165, 1.54) is 7.11 Å². The second-order valence-corrected chi connectivity index (χ2v) is 12.1. The molecule has 12 atom stereocenters. The Morgan fingerprint density at radius 3 is 2.57 bits per heavy atom. The van der Waals surface area contributed by atoms with E-state index in [1.807, 2.05) is 13.8 Å². The Bertz CT molecular complexity index is 960. The number of aliphatic carboxylic acids is 1. The number of methoxy groups -OCH3 is 1. The summed E-state index contributed by atoms with van der Waals surface area (Å²) in [7, 11) is 1.45. The molecule has 1 saturated heterocycles. The number of nitrogens with zero attached hydrogens (tertiary/aromatic N) is 1. The molecule has 4 aliphatic carbocycles. The molecule has 0 radical (unpaired) electrons. The predicted octanol–water partition coefficient (Wildman–Crippen LogP) is 2.73. The lowest BCUT2D eigenvalue weighted by atomic mass is 9.43. The molecule has 4 bridgehead atoms. The van der Waals surface area contributed by atoms with Crippen LogP contribution in [0.5, 0.6) is 0 Å². The number of ether oxygens (including phenoxy) is 3. The Morgan fingerprint density at radius 2 is 1.97 bits per heavy atom. The van der Waals surface area contributed by atoms with E-state index < -0.39 is 52.9 Å². The predicted molar refractivity (Wildman–Crippen MR) is 125 cm³/mol. The summed E-state index contributed by atoms with van der Waals surface area (Å²) < 4.78 is 17.4. The van der Waals surface area contributed by atoms with Gasteiger partial charge in [0.1, 0.15) is 23.7 Å². The molecule has 1 aliphatic heterocycles. The van der Waals surface area contributed by atoms with Gasteiger partial charge in [-0.3, -0.25) is 4.79 Å². The Morgan fingerprint density at radius 1 is 1.26 bits per heavy atom. The molecule has 3 saturated carbocycles. The van der Waals surface area contributed by atoms with E-state index in [1.54, 1.807) is 6.92 Å². The molecule has 0 aromatic rings. The lowest BCUT2D eigenvalue weighted by Gasteiger charge is -2.57. The smallest absolute Gasteiger partial charge is 0.316 e. The SMILES string of the molecule is COC1C(C)OC(OCC23CC4C(C)CCC4[C@@]4(C#N)C[C@@H]2C=C(C(C)C)[C@@]34C(=O)O)C(O)C1O. The van der Waals surface area contributed by atoms with Crippen molar-refractivity contribution < 1.29 is 34.3 Å². The molecule has 8 nitrogen and oxygen atoms in total. The van der Waals surface area contributed by atoms with Gasteiger partial charge in [-0.2, -0.15) is 5.26 Å². The van der Waals surface area contributed by atoms with E-state index in [0.29, 0.717) is 18.8 Å². The van der Waals surface area contributed by atoms with Crippen LogP contribution in [0, 0.1) is 57.2 Å². The maximum atomic E-state index is 13.5. The second kappa shape index (κ2) is 8.26. The molecule has 4 fully saturated rings. The van der Waals surface area contributed by atoms with Gasteiger partial charge in [-0.15, -0.1) is 0 Å². The van der Waals surface area contributed by atoms with Crippen molar-refractivity contribution in [2.45, 2.75) is 84.1 Å². The summed E-state index contributed by atoms with van der Waals surface area (Å²) in [6.45, 7) is 8.05. The first-order chi connectivity index (χ1) is 16.5. The highest BCUT2D eigenvalue weighted by molar-refractivity contribution is 5.85. The van der Waals surface area contributed by atoms with E-state index in [2.05, 4.69) is 19.1 Å². The van der Waals surface area contributed by atoms with Crippen LogP contribution in [0.15, 0.2) is 11.6 Å². The van der Waals surface area contributed by atoms with Crippen LogP contribution in [0.25, 0.3) is 0 Å². The highest BCUT2D eigenvalue weighted by Crippen LogP contribution is 2.83. The molecule has 9 unspecified atom stereocenters. The third kappa shape index (κ3) is 2.88. The standard InChI is InChI=1S/C27H39NO7/c1-13(2)19-8-16-9-25(11-28)18-7-6-14(3)17(18)10-26(16,27(19,25)24(31)32)12-34-23-21(30)20(29)22(33-5)15(4)35-23/h8,13-18,20-23,29-30H,6-7,9-10,12H2,1-5H3,(H,31,32)/t14?,15?,16-,17?,18?,20?,21?,22?,23?,25-,26?,27-/m0/s1. The summed E-state index contributed by atoms with van der Waals surface area (Å²) in [5, 5.41) is 43.1. The minimum atomic E-state index is -1.34. The Balaban J connectivity index is 1.57. The Labute approximate surface area is 207 Å². The maximum Gasteiger partial charge on any atom is 0.316 e. The van der Waals surface area contributed by atoms with Crippen molar-refractivity contribution in [2.75, 3.05) is 13.7 Å². The molecule has 5 rings (SSSR count). The Hall–Kier alpha value is -1.50. The third-order valence-corrected chi connectivity index (χ3v) is 10.6. The number of nitriles is 1. The van der Waals surface area contributed by atoms with Gasteiger partial charge in [-0.1, -0.05) is 38.8 Å². The maximum absolute atomic E-state index is 13.5. The summed E-state index contributed by atoms with van der Waals surface area (Å²) in [4.78, 5) is 13.5. The molecule has 0 spiro atoms. The van der Waals surface area contributed by atoms with Crippen molar-refractivity contribution in [2.24, 2.45) is 45.8 Å². The first kappa shape index (κ1) is 25.2. The molecule has 8 heteroatoms. The number of aliphatic hydroxyl groups excluding tert-OH is 2. The van der Waals surface area contributed by atoms with Crippen LogP contribution in [0.2, 0.25) is 0 Å². The second-order valence-electron chi connectivity index (χ2n) is 12.1. The fourth-order valence-electron chi connectivity index (χ4n) is 9.24. The number of carbonyl (C=O) groups is 1. The number of carboxylic acid groups (broad SMARTS) is 1. The summed E-state index contributed by atoms with van der Waals surface area (Å²) in [5.74, 6) is -0.309. The summed E-state index contributed by atoms with van der Waals surface area (Å²) in [6, 6.07) is 2.62. The average Bonchev–Trinajstić information content (AvgIpc) is 3.38. The summed E-state index contributed by atoms with van der Waals surface area (Å²) >= 11 is 0. The van der Waals surface area contributed by atoms with E-state index in [9.17, 15) is 25.4 Å². The van der Waals surface area contributed by atoms with Gasteiger partial charge >= 0.3 is 5.97 Å². The number of hydrogen-bond donors (Lipinski definition) is 3. The molecule has 3 N–H and O–H groups in total. The highest BCUT2D eigenvalue weighted by atomic mass is 16.7. The highest BCUT2D eigenvalue weighted by Gasteiger charge is 2.84. The van der Waals surface area contributed by atoms with Crippen LogP contribution >= 0.6 is 0 Å². The zero-order chi connectivity index (χ0) is 25.5. The van der Waals surface area contributed by atoms with Gasteiger partial charge in [0.15, 0.2) is 6.29 Å². The van der Waals surface area contributed by atoms with Gasteiger partial charge in [-0.05, 0) is 55.8 Å². The average molecular weight is 490 g/mol. The topological polar surface area (TPSA) is 129 Å². The normalized spacial score (nSPS) is 52.3. The van der Waals surface area contributed by atoms with E-state index in [4.69, 9.17) is 14.2 Å². The number of aliphatic hydroxyl groups is 2. The van der Waals surface area contributed by atoms with Crippen molar-refractivity contribution in [3.63, 3.8) is 0 Å². The van der Waals surface area contributed by atoms with Crippen LogP contribution in [0.4, 0.5) is 0 Å². The fraction of sp³-hybridized carbons (Fsp3) is 0.852. The fourth-order valence-corrected chi connectivity index (χ4v) is 9.24. The number of carboxylic acids is 1.